The second-order valence-electron chi connectivity index (χ2n) is 3.49. The molecule has 2 aromatic rings. The summed E-state index contributed by atoms with van der Waals surface area (Å²) in [6, 6.07) is 9.42. The average molecular weight is 313 g/mol. The van der Waals surface area contributed by atoms with Gasteiger partial charge in [-0.1, -0.05) is 18.3 Å². The number of rotatable bonds is 2. The molecule has 0 radical (unpaired) electrons. The summed E-state index contributed by atoms with van der Waals surface area (Å²) in [6.45, 7) is 0. The smallest absolute Gasteiger partial charge is 0.388 e. The van der Waals surface area contributed by atoms with Crippen LogP contribution in [-0.2, 0) is 4.57 Å². The third-order valence-corrected chi connectivity index (χ3v) is 2.18. The molecule has 0 bridgehead atoms. The van der Waals surface area contributed by atoms with Crippen molar-refractivity contribution in [2.45, 2.75) is 0 Å². The summed E-state index contributed by atoms with van der Waals surface area (Å²) < 4.78 is 8.88. The molecule has 9 heteroatoms. The first-order chi connectivity index (χ1) is 9.29. The van der Waals surface area contributed by atoms with Crippen molar-refractivity contribution in [3.8, 4) is 11.3 Å². The molecule has 0 atom stereocenters. The summed E-state index contributed by atoms with van der Waals surface area (Å²) in [5.41, 5.74) is 7.90. The van der Waals surface area contributed by atoms with E-state index in [4.69, 9.17) is 37.2 Å². The van der Waals surface area contributed by atoms with Gasteiger partial charge in [-0.15, -0.1) is 0 Å². The van der Waals surface area contributed by atoms with Crippen molar-refractivity contribution < 1.29 is 19.2 Å². The summed E-state index contributed by atoms with van der Waals surface area (Å²) in [5, 5.41) is 0. The Balaban J connectivity index is 0.000000347. The van der Waals surface area contributed by atoms with Gasteiger partial charge < -0.3 is 20.4 Å². The van der Waals surface area contributed by atoms with Crippen LogP contribution in [0.4, 0.5) is 0 Å². The minimum atomic E-state index is -4.64. The van der Waals surface area contributed by atoms with Crippen LogP contribution in [0, 0.1) is 0 Å². The van der Waals surface area contributed by atoms with Gasteiger partial charge in [0.05, 0.1) is 5.69 Å². The molecule has 2 heterocycles. The monoisotopic (exact) mass is 313 g/mol. The second-order valence-corrected chi connectivity index (χ2v) is 4.96. The maximum absolute atomic E-state index is 8.88. The summed E-state index contributed by atoms with van der Waals surface area (Å²) in [6.07, 6.45) is 3.40. The number of pyridine rings is 2. The molecule has 0 unspecified atom stereocenters. The molecule has 0 saturated heterocycles. The Bertz CT molecular complexity index is 624. The van der Waals surface area contributed by atoms with E-state index < -0.39 is 7.82 Å². The maximum Gasteiger partial charge on any atom is 0.466 e. The van der Waals surface area contributed by atoms with Crippen molar-refractivity contribution in [1.82, 2.24) is 9.97 Å². The highest BCUT2D eigenvalue weighted by Crippen LogP contribution is 2.25. The lowest BCUT2D eigenvalue weighted by Gasteiger charge is -2.05. The molecule has 0 fully saturated rings. The highest BCUT2D eigenvalue weighted by molar-refractivity contribution is 7.80. The van der Waals surface area contributed by atoms with Crippen molar-refractivity contribution >= 4 is 25.0 Å². The predicted molar refractivity (Wildman–Crippen MR) is 77.6 cm³/mol. The number of hydrogen-bond donors (Lipinski definition) is 4. The van der Waals surface area contributed by atoms with E-state index in [1.54, 1.807) is 12.4 Å². The van der Waals surface area contributed by atoms with E-state index >= 15 is 0 Å². The fourth-order valence-electron chi connectivity index (χ4n) is 1.33. The van der Waals surface area contributed by atoms with Gasteiger partial charge in [0.15, 0.2) is 0 Å². The van der Waals surface area contributed by atoms with Crippen LogP contribution >= 0.6 is 20.0 Å². The molecule has 20 heavy (non-hydrogen) atoms. The average Bonchev–Trinajstić information content (AvgIpc) is 2.38. The van der Waals surface area contributed by atoms with E-state index in [2.05, 4.69) is 9.97 Å². The standard InChI is InChI=1S/C11H9N3S.H3O4P/c12-11(15)10-8(4-3-7-14-10)9-5-1-2-6-13-9;1-5(2,3)4/h1-7H,(H2,12,15);(H3,1,2,3,4). The fraction of sp³-hybridized carbons (Fsp3) is 0. The minimum absolute atomic E-state index is 0.288. The number of nitrogens with two attached hydrogens (primary N) is 1. The quantitative estimate of drug-likeness (QED) is 0.474. The Labute approximate surface area is 120 Å². The predicted octanol–water partition coefficient (Wildman–Crippen LogP) is 0.849. The van der Waals surface area contributed by atoms with E-state index in [0.29, 0.717) is 5.69 Å². The SMILES string of the molecule is NC(=S)c1ncccc1-c1ccccn1.O=P(O)(O)O. The Kier molecular flexibility index (Phi) is 5.87. The number of thiocarbonyl (C=S) groups is 1. The molecule has 0 saturated carbocycles. The van der Waals surface area contributed by atoms with E-state index in [9.17, 15) is 0 Å². The van der Waals surface area contributed by atoms with Crippen LogP contribution < -0.4 is 5.73 Å². The molecular formula is C11H12N3O4PS. The van der Waals surface area contributed by atoms with E-state index in [1.807, 2.05) is 30.3 Å². The van der Waals surface area contributed by atoms with Gasteiger partial charge in [0.1, 0.15) is 10.7 Å². The van der Waals surface area contributed by atoms with Crippen molar-refractivity contribution in [2.75, 3.05) is 0 Å². The molecule has 2 aromatic heterocycles. The molecule has 0 aliphatic carbocycles. The molecule has 0 spiro atoms. The molecule has 0 aliphatic rings. The van der Waals surface area contributed by atoms with Crippen LogP contribution in [0.3, 0.4) is 0 Å². The van der Waals surface area contributed by atoms with E-state index in [-0.39, 0.29) is 4.99 Å². The number of phosphoric acid groups is 1. The summed E-state index contributed by atoms with van der Waals surface area (Å²) in [5.74, 6) is 0. The Hall–Kier alpha value is -1.70. The summed E-state index contributed by atoms with van der Waals surface area (Å²) in [4.78, 5) is 30.2. The van der Waals surface area contributed by atoms with Crippen LogP contribution in [0.1, 0.15) is 5.69 Å². The van der Waals surface area contributed by atoms with Crippen LogP contribution in [0.15, 0.2) is 42.7 Å². The van der Waals surface area contributed by atoms with Crippen molar-refractivity contribution in [3.63, 3.8) is 0 Å². The van der Waals surface area contributed by atoms with Crippen molar-refractivity contribution in [2.24, 2.45) is 5.73 Å². The zero-order valence-corrected chi connectivity index (χ0v) is 11.8. The summed E-state index contributed by atoms with van der Waals surface area (Å²) >= 11 is 4.94. The highest BCUT2D eigenvalue weighted by atomic mass is 32.1. The fourth-order valence-corrected chi connectivity index (χ4v) is 1.49. The molecular weight excluding hydrogens is 301 g/mol. The molecule has 0 aliphatic heterocycles. The van der Waals surface area contributed by atoms with Crippen LogP contribution in [0.5, 0.6) is 0 Å². The highest BCUT2D eigenvalue weighted by Gasteiger charge is 2.08. The Morgan fingerprint density at radius 1 is 1.10 bits per heavy atom. The first-order valence-corrected chi connectivity index (χ1v) is 7.21. The lowest BCUT2D eigenvalue weighted by molar-refractivity contribution is 0.275. The molecule has 0 aromatic carbocycles. The van der Waals surface area contributed by atoms with Gasteiger partial charge >= 0.3 is 7.82 Å². The number of hydrogen-bond acceptors (Lipinski definition) is 4. The molecule has 2 rings (SSSR count). The third kappa shape index (κ3) is 5.96. The first-order valence-electron chi connectivity index (χ1n) is 5.23. The van der Waals surface area contributed by atoms with Crippen LogP contribution in [0.25, 0.3) is 11.3 Å². The van der Waals surface area contributed by atoms with Gasteiger partial charge in [-0.05, 0) is 24.3 Å². The maximum atomic E-state index is 8.88. The zero-order chi connectivity index (χ0) is 15.2. The van der Waals surface area contributed by atoms with Gasteiger partial charge in [-0.2, -0.15) is 0 Å². The number of aromatic nitrogens is 2. The summed E-state index contributed by atoms with van der Waals surface area (Å²) in [7, 11) is -4.64. The molecule has 0 amide bonds. The van der Waals surface area contributed by atoms with Crippen molar-refractivity contribution in [1.29, 1.82) is 0 Å². The minimum Gasteiger partial charge on any atom is -0.388 e. The second kappa shape index (κ2) is 7.18. The topological polar surface area (TPSA) is 130 Å². The van der Waals surface area contributed by atoms with Crippen LogP contribution in [0.2, 0.25) is 0 Å². The van der Waals surface area contributed by atoms with Gasteiger partial charge in [0.25, 0.3) is 0 Å². The number of nitrogens with zero attached hydrogens (tertiary/aromatic N) is 2. The Morgan fingerprint density at radius 2 is 1.70 bits per heavy atom. The molecule has 5 N–H and O–H groups in total. The van der Waals surface area contributed by atoms with E-state index in [0.717, 1.165) is 11.3 Å². The van der Waals surface area contributed by atoms with Gasteiger partial charge in [0, 0.05) is 18.0 Å². The molecule has 106 valence electrons. The van der Waals surface area contributed by atoms with Crippen molar-refractivity contribution in [3.05, 3.63) is 48.4 Å². The zero-order valence-electron chi connectivity index (χ0n) is 10.1. The first kappa shape index (κ1) is 16.4. The largest absolute Gasteiger partial charge is 0.466 e. The lowest BCUT2D eigenvalue weighted by atomic mass is 10.1. The lowest BCUT2D eigenvalue weighted by Crippen LogP contribution is -2.13. The molecule has 7 nitrogen and oxygen atoms in total. The van der Waals surface area contributed by atoms with Crippen LogP contribution in [-0.4, -0.2) is 29.6 Å². The van der Waals surface area contributed by atoms with Gasteiger partial charge in [0.2, 0.25) is 0 Å². The van der Waals surface area contributed by atoms with Gasteiger partial charge in [-0.3, -0.25) is 9.97 Å². The van der Waals surface area contributed by atoms with Gasteiger partial charge in [-0.25, -0.2) is 4.57 Å². The Morgan fingerprint density at radius 3 is 2.20 bits per heavy atom. The third-order valence-electron chi connectivity index (χ3n) is 1.98. The van der Waals surface area contributed by atoms with E-state index in [1.165, 1.54) is 0 Å². The normalized spacial score (nSPS) is 10.3.